The number of halogens is 2. The number of likely N-dealkylation sites (tertiary alicyclic amines) is 1. The molecule has 1 fully saturated rings. The number of pyridine rings is 1. The van der Waals surface area contributed by atoms with Crippen LogP contribution in [0.3, 0.4) is 0 Å². The monoisotopic (exact) mass is 515 g/mol. The fourth-order valence-electron chi connectivity index (χ4n) is 4.66. The number of benzene rings is 1. The van der Waals surface area contributed by atoms with Crippen molar-refractivity contribution in [3.05, 3.63) is 57.1 Å². The van der Waals surface area contributed by atoms with E-state index in [1.54, 1.807) is 13.3 Å². The Morgan fingerprint density at radius 2 is 2.29 bits per heavy atom. The van der Waals surface area contributed by atoms with Gasteiger partial charge in [-0.1, -0.05) is 23.4 Å². The van der Waals surface area contributed by atoms with Crippen LogP contribution in [0.2, 0.25) is 5.02 Å². The second-order valence-corrected chi connectivity index (χ2v) is 10.1. The number of carbonyl (C=O) groups is 1. The fourth-order valence-corrected chi connectivity index (χ4v) is 5.57. The molecule has 0 spiro atoms. The number of nitrogens with zero attached hydrogens (tertiary/aromatic N) is 2. The van der Waals surface area contributed by atoms with Crippen molar-refractivity contribution >= 4 is 39.8 Å². The highest BCUT2D eigenvalue weighted by atomic mass is 35.5. The lowest BCUT2D eigenvalue weighted by molar-refractivity contribution is -0.146. The zero-order valence-corrected chi connectivity index (χ0v) is 20.9. The lowest BCUT2D eigenvalue weighted by Gasteiger charge is -2.36. The Morgan fingerprint density at radius 3 is 3.00 bits per heavy atom. The van der Waals surface area contributed by atoms with Crippen LogP contribution < -0.4 is 10.5 Å². The van der Waals surface area contributed by atoms with Crippen molar-refractivity contribution in [3.63, 3.8) is 0 Å². The molecule has 2 unspecified atom stereocenters. The molecule has 184 valence electrons. The van der Waals surface area contributed by atoms with E-state index in [1.807, 2.05) is 23.1 Å². The quantitative estimate of drug-likeness (QED) is 0.433. The molecule has 3 atom stereocenters. The van der Waals surface area contributed by atoms with Crippen molar-refractivity contribution in [1.29, 1.82) is 0 Å². The largest absolute Gasteiger partial charge is 0.497 e. The summed E-state index contributed by atoms with van der Waals surface area (Å²) in [6, 6.07) is 6.64. The second-order valence-electron chi connectivity index (χ2n) is 8.75. The highest BCUT2D eigenvalue weighted by Gasteiger charge is 2.34. The van der Waals surface area contributed by atoms with Crippen molar-refractivity contribution in [1.82, 2.24) is 9.88 Å². The van der Waals surface area contributed by atoms with Crippen LogP contribution >= 0.6 is 22.9 Å². The van der Waals surface area contributed by atoms with E-state index in [1.165, 1.54) is 22.8 Å². The van der Waals surface area contributed by atoms with E-state index in [0.717, 1.165) is 29.4 Å². The first kappa shape index (κ1) is 25.4. The first-order valence-corrected chi connectivity index (χ1v) is 12.7. The van der Waals surface area contributed by atoms with Gasteiger partial charge in [0, 0.05) is 35.6 Å². The molecule has 3 N–H and O–H groups in total. The molecule has 9 heteroatoms. The number of ether oxygens (including phenoxy) is 1. The van der Waals surface area contributed by atoms with E-state index in [0.29, 0.717) is 41.6 Å². The summed E-state index contributed by atoms with van der Waals surface area (Å²) in [5.74, 6) is 5.10. The number of rotatable bonds is 7. The van der Waals surface area contributed by atoms with Gasteiger partial charge in [0.2, 0.25) is 0 Å². The van der Waals surface area contributed by atoms with Gasteiger partial charge in [0.1, 0.15) is 11.6 Å². The molecule has 1 saturated heterocycles. The SMILES string of the molecule is COc1ccc2ncc(Cl)c([C@H](N)CCC3CCN(CC#Cc4cc(F)cs4)CC3C(=O)O)c2c1. The van der Waals surface area contributed by atoms with Gasteiger partial charge in [-0.15, -0.1) is 11.3 Å². The number of thiophene rings is 1. The van der Waals surface area contributed by atoms with E-state index >= 15 is 0 Å². The number of hydrogen-bond donors (Lipinski definition) is 2. The van der Waals surface area contributed by atoms with Crippen molar-refractivity contribution in [2.24, 2.45) is 17.6 Å². The number of carboxylic acids is 1. The number of aromatic nitrogens is 1. The van der Waals surface area contributed by atoms with Crippen LogP contribution in [0.5, 0.6) is 5.75 Å². The molecule has 0 aliphatic carbocycles. The van der Waals surface area contributed by atoms with Crippen molar-refractivity contribution in [3.8, 4) is 17.6 Å². The maximum absolute atomic E-state index is 13.1. The van der Waals surface area contributed by atoms with Crippen LogP contribution in [0.4, 0.5) is 4.39 Å². The van der Waals surface area contributed by atoms with Crippen LogP contribution in [-0.4, -0.2) is 47.7 Å². The third-order valence-corrected chi connectivity index (χ3v) is 7.64. The molecule has 1 aromatic carbocycles. The van der Waals surface area contributed by atoms with Crippen LogP contribution in [-0.2, 0) is 4.79 Å². The van der Waals surface area contributed by atoms with Crippen LogP contribution in [0.15, 0.2) is 35.8 Å². The summed E-state index contributed by atoms with van der Waals surface area (Å²) in [7, 11) is 1.60. The van der Waals surface area contributed by atoms with Gasteiger partial charge in [0.05, 0.1) is 35.0 Å². The van der Waals surface area contributed by atoms with Crippen LogP contribution in [0, 0.1) is 29.5 Å². The molecule has 3 aromatic rings. The van der Waals surface area contributed by atoms with Gasteiger partial charge in [-0.05, 0) is 55.5 Å². The van der Waals surface area contributed by atoms with E-state index in [4.69, 9.17) is 22.1 Å². The Bertz CT molecular complexity index is 1270. The number of methoxy groups -OCH3 is 1. The van der Waals surface area contributed by atoms with E-state index in [9.17, 15) is 14.3 Å². The summed E-state index contributed by atoms with van der Waals surface area (Å²) >= 11 is 7.75. The van der Waals surface area contributed by atoms with Gasteiger partial charge in [-0.2, -0.15) is 0 Å². The molecule has 4 rings (SSSR count). The molecule has 0 amide bonds. The number of aliphatic carboxylic acids is 1. The summed E-state index contributed by atoms with van der Waals surface area (Å²) in [5.41, 5.74) is 8.17. The summed E-state index contributed by atoms with van der Waals surface area (Å²) in [5, 5.41) is 12.6. The average molecular weight is 516 g/mol. The summed E-state index contributed by atoms with van der Waals surface area (Å²) < 4.78 is 18.5. The number of fused-ring (bicyclic) bond motifs is 1. The molecular weight excluding hydrogens is 489 g/mol. The Kier molecular flexibility index (Phi) is 8.24. The third-order valence-electron chi connectivity index (χ3n) is 6.53. The minimum absolute atomic E-state index is 0.00978. The van der Waals surface area contributed by atoms with Gasteiger partial charge < -0.3 is 15.6 Å². The molecule has 1 aliphatic rings. The molecule has 2 aromatic heterocycles. The predicted octanol–water partition coefficient (Wildman–Crippen LogP) is 4.95. The van der Waals surface area contributed by atoms with Gasteiger partial charge in [0.25, 0.3) is 0 Å². The Balaban J connectivity index is 1.41. The molecule has 6 nitrogen and oxygen atoms in total. The number of nitrogens with two attached hydrogens (primary N) is 1. The Morgan fingerprint density at radius 1 is 1.46 bits per heavy atom. The molecule has 1 aliphatic heterocycles. The van der Waals surface area contributed by atoms with E-state index in [2.05, 4.69) is 16.8 Å². The highest BCUT2D eigenvalue weighted by molar-refractivity contribution is 7.10. The summed E-state index contributed by atoms with van der Waals surface area (Å²) in [4.78, 5) is 19.1. The Hall–Kier alpha value is -2.70. The minimum atomic E-state index is -0.807. The standard InChI is InChI=1S/C26H27ClFN3O3S/c1-34-18-5-7-24-20(12-18)25(22(27)13-30-24)23(29)6-4-16-8-10-31(14-21(16)26(32)33)9-2-3-19-11-17(28)15-35-19/h5,7,11-13,15-16,21,23H,4,6,8-10,14,29H2,1H3,(H,32,33)/t16?,21?,23-/m1/s1. The first-order valence-electron chi connectivity index (χ1n) is 11.4. The highest BCUT2D eigenvalue weighted by Crippen LogP contribution is 2.35. The second kappa shape index (κ2) is 11.4. The molecule has 0 bridgehead atoms. The fraction of sp³-hybridized carbons (Fsp3) is 0.385. The van der Waals surface area contributed by atoms with Gasteiger partial charge in [-0.25, -0.2) is 4.39 Å². The maximum Gasteiger partial charge on any atom is 0.308 e. The first-order chi connectivity index (χ1) is 16.9. The smallest absolute Gasteiger partial charge is 0.308 e. The maximum atomic E-state index is 13.1. The summed E-state index contributed by atoms with van der Waals surface area (Å²) in [6.45, 7) is 1.64. The minimum Gasteiger partial charge on any atom is -0.497 e. The van der Waals surface area contributed by atoms with Crippen LogP contribution in [0.1, 0.15) is 35.7 Å². The summed E-state index contributed by atoms with van der Waals surface area (Å²) in [6.07, 6.45) is 3.64. The van der Waals surface area contributed by atoms with Crippen molar-refractivity contribution in [2.75, 3.05) is 26.7 Å². The van der Waals surface area contributed by atoms with Crippen molar-refractivity contribution in [2.45, 2.75) is 25.3 Å². The van der Waals surface area contributed by atoms with Gasteiger partial charge in [-0.3, -0.25) is 14.7 Å². The van der Waals surface area contributed by atoms with Gasteiger partial charge >= 0.3 is 5.97 Å². The zero-order chi connectivity index (χ0) is 24.9. The van der Waals surface area contributed by atoms with Crippen LogP contribution in [0.25, 0.3) is 10.9 Å². The third kappa shape index (κ3) is 6.11. The normalized spacial score (nSPS) is 19.2. The topological polar surface area (TPSA) is 88.7 Å². The average Bonchev–Trinajstić information content (AvgIpc) is 3.27. The molecule has 35 heavy (non-hydrogen) atoms. The number of hydrogen-bond acceptors (Lipinski definition) is 6. The predicted molar refractivity (Wildman–Crippen MR) is 136 cm³/mol. The van der Waals surface area contributed by atoms with E-state index < -0.39 is 11.9 Å². The number of piperidine rings is 1. The van der Waals surface area contributed by atoms with Gasteiger partial charge in [0.15, 0.2) is 0 Å². The lowest BCUT2D eigenvalue weighted by Crippen LogP contribution is -2.44. The number of carboxylic acid groups (broad SMARTS) is 1. The molecule has 0 radical (unpaired) electrons. The zero-order valence-electron chi connectivity index (χ0n) is 19.3. The molecule has 0 saturated carbocycles. The van der Waals surface area contributed by atoms with E-state index in [-0.39, 0.29) is 17.8 Å². The molecule has 3 heterocycles. The van der Waals surface area contributed by atoms with Crippen molar-refractivity contribution < 1.29 is 19.0 Å². The lowest BCUT2D eigenvalue weighted by atomic mass is 9.81. The Labute approximate surface area is 212 Å². The molecular formula is C26H27ClFN3O3S.